The van der Waals surface area contributed by atoms with Gasteiger partial charge in [0, 0.05) is 50.3 Å². The van der Waals surface area contributed by atoms with E-state index in [2.05, 4.69) is 85.8 Å². The number of nitriles is 1. The molecule has 0 atom stereocenters. The molecular formula is C27H25N7. The van der Waals surface area contributed by atoms with Crippen molar-refractivity contribution in [1.29, 1.82) is 5.26 Å². The highest BCUT2D eigenvalue weighted by Crippen LogP contribution is 2.35. The average Bonchev–Trinajstić information content (AvgIpc) is 3.49. The van der Waals surface area contributed by atoms with Gasteiger partial charge in [-0.05, 0) is 53.9 Å². The lowest BCUT2D eigenvalue weighted by atomic mass is 10.1. The summed E-state index contributed by atoms with van der Waals surface area (Å²) in [5.41, 5.74) is 8.82. The lowest BCUT2D eigenvalue weighted by molar-refractivity contribution is 0.483. The maximum Gasteiger partial charge on any atom is 0.185 e. The lowest BCUT2D eigenvalue weighted by Gasteiger charge is -2.32. The van der Waals surface area contributed by atoms with Crippen molar-refractivity contribution in [3.63, 3.8) is 0 Å². The van der Waals surface area contributed by atoms with Crippen LogP contribution in [0, 0.1) is 11.3 Å². The Hall–Kier alpha value is -4.31. The number of likely N-dealkylation sites (N-methyl/N-ethyl adjacent to an activating group) is 1. The highest BCUT2D eigenvalue weighted by atomic mass is 15.3. The van der Waals surface area contributed by atoms with Crippen molar-refractivity contribution in [3.8, 4) is 34.4 Å². The van der Waals surface area contributed by atoms with E-state index in [4.69, 9.17) is 5.26 Å². The highest BCUT2D eigenvalue weighted by molar-refractivity contribution is 5.72. The largest absolute Gasteiger partial charge is 0.380 e. The van der Waals surface area contributed by atoms with Gasteiger partial charge in [0.2, 0.25) is 0 Å². The molecule has 7 nitrogen and oxygen atoms in total. The first-order valence-corrected chi connectivity index (χ1v) is 11.5. The molecule has 0 spiro atoms. The van der Waals surface area contributed by atoms with Crippen molar-refractivity contribution in [3.05, 3.63) is 84.0 Å². The summed E-state index contributed by atoms with van der Waals surface area (Å²) in [6, 6.07) is 18.8. The Balaban J connectivity index is 1.40. The predicted molar refractivity (Wildman–Crippen MR) is 133 cm³/mol. The van der Waals surface area contributed by atoms with E-state index in [1.54, 1.807) is 6.33 Å². The van der Waals surface area contributed by atoms with E-state index < -0.39 is 0 Å². The van der Waals surface area contributed by atoms with Crippen molar-refractivity contribution in [2.75, 3.05) is 32.1 Å². The maximum absolute atomic E-state index is 9.12. The van der Waals surface area contributed by atoms with Gasteiger partial charge >= 0.3 is 0 Å². The van der Waals surface area contributed by atoms with Crippen LogP contribution in [0.4, 0.5) is 5.69 Å². The monoisotopic (exact) mass is 447 g/mol. The Morgan fingerprint density at radius 2 is 1.85 bits per heavy atom. The Morgan fingerprint density at radius 3 is 2.65 bits per heavy atom. The number of benzene rings is 2. The molecule has 7 heteroatoms. The molecule has 0 bridgehead atoms. The number of hydrogen-bond donors (Lipinski definition) is 0. The van der Waals surface area contributed by atoms with Crippen LogP contribution >= 0.6 is 0 Å². The molecule has 0 unspecified atom stereocenters. The second-order valence-corrected chi connectivity index (χ2v) is 9.07. The third kappa shape index (κ3) is 3.35. The van der Waals surface area contributed by atoms with Gasteiger partial charge in [-0.25, -0.2) is 0 Å². The summed E-state index contributed by atoms with van der Waals surface area (Å²) in [5, 5.41) is 17.8. The van der Waals surface area contributed by atoms with Crippen molar-refractivity contribution < 1.29 is 0 Å². The molecule has 0 radical (unpaired) electrons. The number of rotatable bonds is 3. The number of aromatic nitrogens is 4. The second-order valence-electron chi connectivity index (χ2n) is 9.07. The molecule has 0 N–H and O–H groups in total. The van der Waals surface area contributed by atoms with Crippen LogP contribution in [0.1, 0.15) is 17.5 Å². The van der Waals surface area contributed by atoms with E-state index in [0.717, 1.165) is 54.4 Å². The minimum Gasteiger partial charge on any atom is -0.380 e. The molecule has 2 aliphatic heterocycles. The SMILES string of the molecule is CN(C)C1=CCCN(c2ccc3c(c2)Cn2cc(-c4ccc(C#N)cc4)cc2-c2nncn2-3)C1. The van der Waals surface area contributed by atoms with E-state index >= 15 is 0 Å². The molecule has 6 rings (SSSR count). The minimum absolute atomic E-state index is 0.663. The van der Waals surface area contributed by atoms with Crippen LogP contribution in [-0.4, -0.2) is 51.4 Å². The first kappa shape index (κ1) is 20.3. The molecule has 0 aliphatic carbocycles. The van der Waals surface area contributed by atoms with E-state index in [0.29, 0.717) is 5.56 Å². The normalized spacial score (nSPS) is 14.4. The van der Waals surface area contributed by atoms with Gasteiger partial charge in [-0.15, -0.1) is 10.2 Å². The zero-order chi connectivity index (χ0) is 23.2. The first-order chi connectivity index (χ1) is 16.6. The van der Waals surface area contributed by atoms with Crippen LogP contribution in [-0.2, 0) is 6.54 Å². The molecule has 34 heavy (non-hydrogen) atoms. The number of nitrogens with zero attached hydrogens (tertiary/aromatic N) is 7. The predicted octanol–water partition coefficient (Wildman–Crippen LogP) is 4.29. The van der Waals surface area contributed by atoms with Crippen molar-refractivity contribution in [1.82, 2.24) is 24.2 Å². The Morgan fingerprint density at radius 1 is 1.00 bits per heavy atom. The van der Waals surface area contributed by atoms with Gasteiger partial charge in [0.1, 0.15) is 6.33 Å². The fraction of sp³-hybridized carbons (Fsp3) is 0.222. The van der Waals surface area contributed by atoms with Crippen molar-refractivity contribution in [2.45, 2.75) is 13.0 Å². The minimum atomic E-state index is 0.663. The maximum atomic E-state index is 9.12. The molecule has 0 saturated carbocycles. The molecule has 4 aromatic rings. The smallest absolute Gasteiger partial charge is 0.185 e. The topological polar surface area (TPSA) is 65.9 Å². The van der Waals surface area contributed by atoms with Crippen LogP contribution < -0.4 is 4.90 Å². The van der Waals surface area contributed by atoms with Gasteiger partial charge < -0.3 is 14.4 Å². The van der Waals surface area contributed by atoms with Gasteiger partial charge in [0.15, 0.2) is 5.82 Å². The second kappa shape index (κ2) is 7.92. The van der Waals surface area contributed by atoms with Crippen LogP contribution in [0.2, 0.25) is 0 Å². The Kier molecular flexibility index (Phi) is 4.73. The van der Waals surface area contributed by atoms with Gasteiger partial charge in [-0.1, -0.05) is 18.2 Å². The van der Waals surface area contributed by atoms with Crippen molar-refractivity contribution >= 4 is 5.69 Å². The summed E-state index contributed by atoms with van der Waals surface area (Å²) in [6.07, 6.45) is 7.35. The van der Waals surface area contributed by atoms with Gasteiger partial charge in [0.25, 0.3) is 0 Å². The standard InChI is InChI=1S/C27H25N7/c1-31(2)24-4-3-11-32(17-24)23-9-10-25-22(12-23)16-33-15-21(20-7-5-19(14-28)6-8-20)13-26(33)27-30-29-18-34(25)27/h4-10,12-13,15,18H,3,11,16-17H2,1-2H3. The molecule has 168 valence electrons. The zero-order valence-corrected chi connectivity index (χ0v) is 19.3. The molecule has 4 heterocycles. The first-order valence-electron chi connectivity index (χ1n) is 11.5. The summed E-state index contributed by atoms with van der Waals surface area (Å²) in [4.78, 5) is 4.65. The van der Waals surface area contributed by atoms with Crippen molar-refractivity contribution in [2.24, 2.45) is 0 Å². The molecule has 0 fully saturated rings. The third-order valence-corrected chi connectivity index (χ3v) is 6.76. The summed E-state index contributed by atoms with van der Waals surface area (Å²) >= 11 is 0. The molecule has 2 aliphatic rings. The van der Waals surface area contributed by atoms with Gasteiger partial charge in [-0.3, -0.25) is 4.57 Å². The summed E-state index contributed by atoms with van der Waals surface area (Å²) in [7, 11) is 4.22. The van der Waals surface area contributed by atoms with E-state index in [9.17, 15) is 0 Å². The molecule has 2 aromatic carbocycles. The summed E-state index contributed by atoms with van der Waals surface area (Å²) < 4.78 is 4.34. The van der Waals surface area contributed by atoms with Gasteiger partial charge in [-0.2, -0.15) is 5.26 Å². The number of anilines is 1. The molecule has 2 aromatic heterocycles. The fourth-order valence-corrected chi connectivity index (χ4v) is 4.89. The van der Waals surface area contributed by atoms with Gasteiger partial charge in [0.05, 0.1) is 29.6 Å². The number of fused-ring (bicyclic) bond motifs is 5. The Bertz CT molecular complexity index is 1450. The molecule has 0 amide bonds. The van der Waals surface area contributed by atoms with E-state index in [-0.39, 0.29) is 0 Å². The summed E-state index contributed by atoms with van der Waals surface area (Å²) in [5.74, 6) is 0.835. The average molecular weight is 448 g/mol. The van der Waals surface area contributed by atoms with E-state index in [1.807, 2.05) is 24.3 Å². The lowest BCUT2D eigenvalue weighted by Crippen LogP contribution is -2.34. The van der Waals surface area contributed by atoms with Crippen LogP contribution in [0.15, 0.2) is 72.8 Å². The third-order valence-electron chi connectivity index (χ3n) is 6.76. The van der Waals surface area contributed by atoms with Crippen LogP contribution in [0.5, 0.6) is 0 Å². The van der Waals surface area contributed by atoms with E-state index in [1.165, 1.54) is 16.9 Å². The fourth-order valence-electron chi connectivity index (χ4n) is 4.89. The molecule has 0 saturated heterocycles. The van der Waals surface area contributed by atoms with Crippen LogP contribution in [0.25, 0.3) is 28.3 Å². The summed E-state index contributed by atoms with van der Waals surface area (Å²) in [6.45, 7) is 2.69. The Labute approximate surface area is 198 Å². The number of hydrogen-bond acceptors (Lipinski definition) is 5. The zero-order valence-electron chi connectivity index (χ0n) is 19.3. The highest BCUT2D eigenvalue weighted by Gasteiger charge is 2.23. The molecular weight excluding hydrogens is 422 g/mol. The quantitative estimate of drug-likeness (QED) is 0.413. The van der Waals surface area contributed by atoms with Crippen LogP contribution in [0.3, 0.4) is 0 Å².